The van der Waals surface area contributed by atoms with Gasteiger partial charge in [0.15, 0.2) is 17.2 Å². The van der Waals surface area contributed by atoms with Crippen LogP contribution in [-0.4, -0.2) is 34.3 Å². The molecule has 0 heterocycles. The standard InChI is InChI=1S/C22H25NO6/c1-12(24)23-16-8-6-13-10-19(27-3)21(28-4)22(29-5)20(13)14-7-9-18(26-2)17(25)11-15(14)16/h7,9-11,16H,6,8H2,1-5H3,(H,23,24)/t16-/m0/s1/i1D3,9D,11D. The lowest BCUT2D eigenvalue weighted by Gasteiger charge is -2.19. The van der Waals surface area contributed by atoms with Crippen LogP contribution in [0.4, 0.5) is 0 Å². The van der Waals surface area contributed by atoms with E-state index in [-0.39, 0.29) is 40.8 Å². The van der Waals surface area contributed by atoms with Crippen LogP contribution in [0.2, 0.25) is 0 Å². The quantitative estimate of drug-likeness (QED) is 0.825. The normalized spacial score (nSPS) is 17.7. The molecule has 3 rings (SSSR count). The van der Waals surface area contributed by atoms with E-state index >= 15 is 0 Å². The summed E-state index contributed by atoms with van der Waals surface area (Å²) in [5.41, 5.74) is 0.572. The highest BCUT2D eigenvalue weighted by molar-refractivity contribution is 5.83. The van der Waals surface area contributed by atoms with Crippen molar-refractivity contribution in [1.82, 2.24) is 5.32 Å². The number of aryl methyl sites for hydroxylation is 1. The molecule has 1 aliphatic carbocycles. The van der Waals surface area contributed by atoms with Crippen molar-refractivity contribution in [3.05, 3.63) is 45.6 Å². The summed E-state index contributed by atoms with van der Waals surface area (Å²) in [6.07, 6.45) is 0.486. The lowest BCUT2D eigenvalue weighted by Crippen LogP contribution is -2.26. The molecule has 0 bridgehead atoms. The summed E-state index contributed by atoms with van der Waals surface area (Å²) in [5, 5.41) is 2.46. The van der Waals surface area contributed by atoms with E-state index in [0.29, 0.717) is 23.3 Å². The van der Waals surface area contributed by atoms with Gasteiger partial charge in [0.2, 0.25) is 17.1 Å². The fourth-order valence-corrected chi connectivity index (χ4v) is 3.61. The van der Waals surface area contributed by atoms with Crippen molar-refractivity contribution in [3.8, 4) is 34.1 Å². The maximum Gasteiger partial charge on any atom is 0.220 e. The number of rotatable bonds is 5. The van der Waals surface area contributed by atoms with E-state index in [4.69, 9.17) is 25.8 Å². The minimum atomic E-state index is -2.93. The fourth-order valence-electron chi connectivity index (χ4n) is 3.61. The number of carbonyl (C=O) groups is 1. The SMILES string of the molecule is [2H]c1cc2c(c([2H])c(=O)c1OC)[C@@H](NC(=O)C([2H])([2H])[2H])CCc1cc(OC)c(OC)c(OC)c1-2. The lowest BCUT2D eigenvalue weighted by atomic mass is 9.95. The van der Waals surface area contributed by atoms with Crippen molar-refractivity contribution in [2.45, 2.75) is 25.7 Å². The number of fused-ring (bicyclic) bond motifs is 3. The molecule has 0 saturated heterocycles. The zero-order chi connectivity index (χ0) is 25.4. The molecule has 1 amide bonds. The lowest BCUT2D eigenvalue weighted by molar-refractivity contribution is -0.119. The van der Waals surface area contributed by atoms with Crippen molar-refractivity contribution < 1.29 is 30.6 Å². The van der Waals surface area contributed by atoms with Crippen LogP contribution in [0.1, 0.15) is 37.3 Å². The van der Waals surface area contributed by atoms with Gasteiger partial charge >= 0.3 is 0 Å². The minimum Gasteiger partial charge on any atom is -0.493 e. The van der Waals surface area contributed by atoms with Crippen LogP contribution in [0.25, 0.3) is 11.1 Å². The molecular formula is C22H25NO6. The van der Waals surface area contributed by atoms with E-state index in [1.807, 2.05) is 0 Å². The second-order valence-electron chi connectivity index (χ2n) is 6.35. The van der Waals surface area contributed by atoms with Crippen molar-refractivity contribution in [2.24, 2.45) is 0 Å². The zero-order valence-electron chi connectivity index (χ0n) is 21.6. The van der Waals surface area contributed by atoms with E-state index < -0.39 is 30.3 Å². The van der Waals surface area contributed by atoms with Gasteiger partial charge in [-0.1, -0.05) is 6.07 Å². The van der Waals surface area contributed by atoms with Gasteiger partial charge < -0.3 is 24.3 Å². The number of carbonyl (C=O) groups excluding carboxylic acids is 1. The second kappa shape index (κ2) is 8.43. The smallest absolute Gasteiger partial charge is 0.220 e. The third-order valence-corrected chi connectivity index (χ3v) is 4.83. The van der Waals surface area contributed by atoms with Crippen molar-refractivity contribution >= 4 is 5.91 Å². The van der Waals surface area contributed by atoms with Crippen LogP contribution in [-0.2, 0) is 11.2 Å². The van der Waals surface area contributed by atoms with Crippen molar-refractivity contribution in [1.29, 1.82) is 0 Å². The molecule has 7 nitrogen and oxygen atoms in total. The summed E-state index contributed by atoms with van der Waals surface area (Å²) >= 11 is 0. The summed E-state index contributed by atoms with van der Waals surface area (Å²) in [4.78, 5) is 25.4. The molecule has 7 heteroatoms. The first-order valence-electron chi connectivity index (χ1n) is 11.4. The molecule has 0 spiro atoms. The van der Waals surface area contributed by atoms with E-state index in [0.717, 1.165) is 0 Å². The van der Waals surface area contributed by atoms with E-state index in [9.17, 15) is 9.59 Å². The first-order chi connectivity index (χ1) is 16.0. The Morgan fingerprint density at radius 3 is 2.48 bits per heavy atom. The number of benzene rings is 1. The summed E-state index contributed by atoms with van der Waals surface area (Å²) in [6, 6.07) is 1.25. The molecule has 2 aromatic rings. The average Bonchev–Trinajstić information content (AvgIpc) is 2.98. The zero-order valence-corrected chi connectivity index (χ0v) is 16.6. The van der Waals surface area contributed by atoms with Gasteiger partial charge in [0.05, 0.1) is 37.2 Å². The maximum atomic E-state index is 13.0. The summed E-state index contributed by atoms with van der Waals surface area (Å²) in [6.45, 7) is -2.93. The Morgan fingerprint density at radius 1 is 1.14 bits per heavy atom. The van der Waals surface area contributed by atoms with E-state index in [1.54, 1.807) is 6.07 Å². The Hall–Kier alpha value is -3.22. The van der Waals surface area contributed by atoms with Gasteiger partial charge in [-0.05, 0) is 47.7 Å². The first-order valence-corrected chi connectivity index (χ1v) is 8.85. The summed E-state index contributed by atoms with van der Waals surface area (Å²) < 4.78 is 61.0. The van der Waals surface area contributed by atoms with E-state index in [2.05, 4.69) is 5.32 Å². The van der Waals surface area contributed by atoms with Gasteiger partial charge in [-0.15, -0.1) is 0 Å². The van der Waals surface area contributed by atoms with Crippen molar-refractivity contribution in [2.75, 3.05) is 28.4 Å². The van der Waals surface area contributed by atoms with Crippen LogP contribution < -0.4 is 29.7 Å². The predicted molar refractivity (Wildman–Crippen MR) is 109 cm³/mol. The maximum absolute atomic E-state index is 13.0. The molecule has 29 heavy (non-hydrogen) atoms. The fraction of sp³-hybridized carbons (Fsp3) is 0.364. The third-order valence-electron chi connectivity index (χ3n) is 4.83. The molecule has 1 aliphatic rings. The molecule has 0 aromatic heterocycles. The third kappa shape index (κ3) is 3.72. The molecule has 2 aromatic carbocycles. The van der Waals surface area contributed by atoms with Gasteiger partial charge in [0.25, 0.3) is 0 Å². The summed E-state index contributed by atoms with van der Waals surface area (Å²) in [5.74, 6) is -0.673. The van der Waals surface area contributed by atoms with Gasteiger partial charge in [0.1, 0.15) is 0 Å². The van der Waals surface area contributed by atoms with Crippen LogP contribution in [0.15, 0.2) is 29.0 Å². The molecule has 0 unspecified atom stereocenters. The number of hydrogen-bond acceptors (Lipinski definition) is 6. The summed E-state index contributed by atoms with van der Waals surface area (Å²) in [7, 11) is 5.53. The number of amides is 1. The van der Waals surface area contributed by atoms with Crippen LogP contribution >= 0.6 is 0 Å². The Morgan fingerprint density at radius 2 is 1.86 bits per heavy atom. The first kappa shape index (κ1) is 14.7. The van der Waals surface area contributed by atoms with E-state index in [1.165, 1.54) is 34.5 Å². The van der Waals surface area contributed by atoms with Gasteiger partial charge in [0, 0.05) is 16.5 Å². The highest BCUT2D eigenvalue weighted by Gasteiger charge is 2.29. The Labute approximate surface area is 176 Å². The average molecular weight is 404 g/mol. The van der Waals surface area contributed by atoms with Crippen LogP contribution in [0, 0.1) is 0 Å². The number of hydrogen-bond donors (Lipinski definition) is 1. The van der Waals surface area contributed by atoms with Crippen LogP contribution in [0.3, 0.4) is 0 Å². The Bertz CT molecular complexity index is 1200. The Balaban J connectivity index is 2.48. The number of methoxy groups -OCH3 is 4. The molecule has 0 fully saturated rings. The number of ether oxygens (including phenoxy) is 4. The molecule has 1 N–H and O–H groups in total. The van der Waals surface area contributed by atoms with Gasteiger partial charge in [-0.2, -0.15) is 0 Å². The number of nitrogens with one attached hydrogen (secondary N) is 1. The Kier molecular flexibility index (Phi) is 4.28. The minimum absolute atomic E-state index is 0.0590. The predicted octanol–water partition coefficient (Wildman–Crippen LogP) is 2.87. The molecule has 154 valence electrons. The highest BCUT2D eigenvalue weighted by Crippen LogP contribution is 2.50. The molecule has 1 atom stereocenters. The molecule has 0 aliphatic heterocycles. The largest absolute Gasteiger partial charge is 0.493 e. The molecule has 0 saturated carbocycles. The van der Waals surface area contributed by atoms with Gasteiger partial charge in [-0.3, -0.25) is 9.59 Å². The molecular weight excluding hydrogens is 374 g/mol. The monoisotopic (exact) mass is 404 g/mol. The highest BCUT2D eigenvalue weighted by atomic mass is 16.5. The van der Waals surface area contributed by atoms with Crippen LogP contribution in [0.5, 0.6) is 23.0 Å². The van der Waals surface area contributed by atoms with Crippen molar-refractivity contribution in [3.63, 3.8) is 0 Å². The van der Waals surface area contributed by atoms with Gasteiger partial charge in [-0.25, -0.2) is 0 Å². The topological polar surface area (TPSA) is 83.1 Å². The molecule has 0 radical (unpaired) electrons. The second-order valence-corrected chi connectivity index (χ2v) is 6.35.